The van der Waals surface area contributed by atoms with Crippen LogP contribution in [0.25, 0.3) is 11.1 Å². The monoisotopic (exact) mass is 502 g/mol. The molecule has 0 saturated carbocycles. The number of benzene rings is 1. The van der Waals surface area contributed by atoms with E-state index in [0.717, 1.165) is 33.6 Å². The predicted octanol–water partition coefficient (Wildman–Crippen LogP) is 5.18. The number of nitrogens with zero attached hydrogens (tertiary/aromatic N) is 3. The van der Waals surface area contributed by atoms with E-state index in [2.05, 4.69) is 47.4 Å². The Bertz CT molecular complexity index is 1400. The number of anilines is 1. The summed E-state index contributed by atoms with van der Waals surface area (Å²) in [6.45, 7) is 5.75. The fraction of sp³-hybridized carbons (Fsp3) is 0.259. The molecule has 1 aromatic carbocycles. The maximum Gasteiger partial charge on any atom is 0.329 e. The van der Waals surface area contributed by atoms with Gasteiger partial charge in [0.25, 0.3) is 5.91 Å². The molecule has 0 radical (unpaired) electrons. The van der Waals surface area contributed by atoms with Crippen LogP contribution in [0.1, 0.15) is 59.8 Å². The highest BCUT2D eigenvalue weighted by Crippen LogP contribution is 2.46. The quantitative estimate of drug-likeness (QED) is 0.360. The van der Waals surface area contributed by atoms with Crippen molar-refractivity contribution >= 4 is 28.9 Å². The molecule has 2 N–H and O–H groups in total. The van der Waals surface area contributed by atoms with E-state index in [1.165, 1.54) is 0 Å². The van der Waals surface area contributed by atoms with Crippen LogP contribution in [0.15, 0.2) is 59.4 Å². The van der Waals surface area contributed by atoms with Gasteiger partial charge in [0.15, 0.2) is 0 Å². The third kappa shape index (κ3) is 4.31. The molecule has 0 aliphatic carbocycles. The number of carboxylic acids is 1. The number of hydrogen-bond donors (Lipinski definition) is 2. The zero-order valence-electron chi connectivity index (χ0n) is 20.2. The first-order valence-electron chi connectivity index (χ1n) is 11.5. The number of carbonyl (C=O) groups excluding carboxylic acids is 1. The Labute approximate surface area is 212 Å². The van der Waals surface area contributed by atoms with Crippen LogP contribution in [0, 0.1) is 0 Å². The Morgan fingerprint density at radius 3 is 2.61 bits per heavy atom. The van der Waals surface area contributed by atoms with Gasteiger partial charge in [-0.3, -0.25) is 19.8 Å². The summed E-state index contributed by atoms with van der Waals surface area (Å²) in [6, 6.07) is 13.2. The van der Waals surface area contributed by atoms with E-state index in [4.69, 9.17) is 9.84 Å². The van der Waals surface area contributed by atoms with Crippen molar-refractivity contribution in [2.45, 2.75) is 38.8 Å². The summed E-state index contributed by atoms with van der Waals surface area (Å²) >= 11 is 1.64. The number of amides is 1. The third-order valence-corrected chi connectivity index (χ3v) is 6.85. The fourth-order valence-corrected chi connectivity index (χ4v) is 5.24. The van der Waals surface area contributed by atoms with Crippen molar-refractivity contribution in [3.05, 3.63) is 87.6 Å². The van der Waals surface area contributed by atoms with Crippen molar-refractivity contribution in [2.24, 2.45) is 0 Å². The standard InChI is InChI=1S/C27H26N4O4S/c1-27(2,3)25-22-23(29-30-25)26(34)31(18-8-6-16(7-9-18)17-10-12-36-15-17)24(22)19-5-4-11-28-20(19)13-35-14-21(32)33/h4-12,15,24H,13-14H2,1-3H3,(H,29,30)(H,32,33). The van der Waals surface area contributed by atoms with Gasteiger partial charge in [-0.1, -0.05) is 39.0 Å². The molecule has 5 rings (SSSR count). The number of aromatic nitrogens is 3. The van der Waals surface area contributed by atoms with Crippen molar-refractivity contribution in [2.75, 3.05) is 11.5 Å². The van der Waals surface area contributed by atoms with E-state index in [0.29, 0.717) is 11.4 Å². The molecule has 0 spiro atoms. The zero-order valence-corrected chi connectivity index (χ0v) is 21.0. The molecule has 9 heteroatoms. The van der Waals surface area contributed by atoms with Gasteiger partial charge < -0.3 is 9.84 Å². The molecular weight excluding hydrogens is 476 g/mol. The Morgan fingerprint density at radius 2 is 1.94 bits per heavy atom. The van der Waals surface area contributed by atoms with Crippen LogP contribution in [0.3, 0.4) is 0 Å². The number of pyridine rings is 1. The molecule has 1 atom stereocenters. The van der Waals surface area contributed by atoms with E-state index in [9.17, 15) is 9.59 Å². The van der Waals surface area contributed by atoms with Crippen molar-refractivity contribution in [1.29, 1.82) is 0 Å². The fourth-order valence-electron chi connectivity index (χ4n) is 4.58. The number of carbonyl (C=O) groups is 2. The van der Waals surface area contributed by atoms with Gasteiger partial charge in [0, 0.05) is 28.4 Å². The second kappa shape index (κ2) is 9.33. The summed E-state index contributed by atoms with van der Waals surface area (Å²) in [7, 11) is 0. The van der Waals surface area contributed by atoms with Crippen LogP contribution in [0.2, 0.25) is 0 Å². The van der Waals surface area contributed by atoms with Crippen molar-refractivity contribution in [1.82, 2.24) is 15.2 Å². The highest BCUT2D eigenvalue weighted by Gasteiger charge is 2.45. The largest absolute Gasteiger partial charge is 0.480 e. The number of ether oxygens (including phenoxy) is 1. The van der Waals surface area contributed by atoms with Crippen LogP contribution >= 0.6 is 11.3 Å². The van der Waals surface area contributed by atoms with E-state index in [1.54, 1.807) is 22.4 Å². The van der Waals surface area contributed by atoms with Crippen molar-refractivity contribution in [3.63, 3.8) is 0 Å². The van der Waals surface area contributed by atoms with Crippen LogP contribution in [-0.2, 0) is 21.6 Å². The number of aliphatic carboxylic acids is 1. The highest BCUT2D eigenvalue weighted by atomic mass is 32.1. The molecule has 0 saturated heterocycles. The first-order valence-corrected chi connectivity index (χ1v) is 12.5. The Hall–Kier alpha value is -3.82. The number of carboxylic acid groups (broad SMARTS) is 1. The van der Waals surface area contributed by atoms with E-state index < -0.39 is 18.6 Å². The molecular formula is C27H26N4O4S. The van der Waals surface area contributed by atoms with Gasteiger partial charge in [0.05, 0.1) is 24.0 Å². The van der Waals surface area contributed by atoms with Gasteiger partial charge in [-0.05, 0) is 46.2 Å². The zero-order chi connectivity index (χ0) is 25.4. The van der Waals surface area contributed by atoms with Gasteiger partial charge in [0.2, 0.25) is 0 Å². The number of hydrogen-bond acceptors (Lipinski definition) is 6. The lowest BCUT2D eigenvalue weighted by molar-refractivity contribution is -0.142. The first-order chi connectivity index (χ1) is 17.3. The van der Waals surface area contributed by atoms with E-state index in [1.807, 2.05) is 41.8 Å². The van der Waals surface area contributed by atoms with Gasteiger partial charge in [-0.15, -0.1) is 0 Å². The molecule has 4 aromatic rings. The normalized spacial score (nSPS) is 15.4. The molecule has 184 valence electrons. The molecule has 1 aliphatic rings. The Balaban J connectivity index is 1.62. The third-order valence-electron chi connectivity index (χ3n) is 6.16. The summed E-state index contributed by atoms with van der Waals surface area (Å²) in [5.41, 5.74) is 6.03. The maximum absolute atomic E-state index is 13.8. The summed E-state index contributed by atoms with van der Waals surface area (Å²) in [6.07, 6.45) is 1.64. The molecule has 3 aromatic heterocycles. The number of rotatable bonds is 7. The smallest absolute Gasteiger partial charge is 0.329 e. The minimum Gasteiger partial charge on any atom is -0.480 e. The van der Waals surface area contributed by atoms with Crippen LogP contribution < -0.4 is 4.90 Å². The minimum absolute atomic E-state index is 0.0101. The van der Waals surface area contributed by atoms with Gasteiger partial charge in [-0.25, -0.2) is 4.79 Å². The van der Waals surface area contributed by atoms with Crippen LogP contribution in [0.5, 0.6) is 0 Å². The number of fused-ring (bicyclic) bond motifs is 1. The van der Waals surface area contributed by atoms with E-state index in [-0.39, 0.29) is 17.9 Å². The summed E-state index contributed by atoms with van der Waals surface area (Å²) in [5, 5.41) is 20.6. The van der Waals surface area contributed by atoms with Gasteiger partial charge in [0.1, 0.15) is 12.3 Å². The lowest BCUT2D eigenvalue weighted by Gasteiger charge is -2.29. The molecule has 0 fully saturated rings. The summed E-state index contributed by atoms with van der Waals surface area (Å²) in [5.74, 6) is -1.23. The molecule has 1 amide bonds. The number of H-pyrrole nitrogens is 1. The molecule has 4 heterocycles. The first kappa shape index (κ1) is 23.9. The number of nitrogens with one attached hydrogen (secondary N) is 1. The molecule has 8 nitrogen and oxygen atoms in total. The van der Waals surface area contributed by atoms with Gasteiger partial charge in [-0.2, -0.15) is 16.4 Å². The van der Waals surface area contributed by atoms with Crippen molar-refractivity contribution in [3.8, 4) is 11.1 Å². The highest BCUT2D eigenvalue weighted by molar-refractivity contribution is 7.08. The molecule has 0 bridgehead atoms. The second-order valence-electron chi connectivity index (χ2n) is 9.67. The average Bonchev–Trinajstić information content (AvgIpc) is 3.57. The Kier molecular flexibility index (Phi) is 6.19. The number of aromatic amines is 1. The summed E-state index contributed by atoms with van der Waals surface area (Å²) in [4.78, 5) is 31.0. The SMILES string of the molecule is CC(C)(C)c1n[nH]c2c1C(c1cccnc1COCC(=O)O)N(c1ccc(-c3ccsc3)cc1)C2=O. The minimum atomic E-state index is -1.05. The average molecular weight is 503 g/mol. The maximum atomic E-state index is 13.8. The summed E-state index contributed by atoms with van der Waals surface area (Å²) < 4.78 is 5.39. The van der Waals surface area contributed by atoms with Crippen molar-refractivity contribution < 1.29 is 19.4 Å². The van der Waals surface area contributed by atoms with Crippen LogP contribution in [0.4, 0.5) is 5.69 Å². The van der Waals surface area contributed by atoms with Crippen LogP contribution in [-0.4, -0.2) is 38.8 Å². The predicted molar refractivity (Wildman–Crippen MR) is 137 cm³/mol. The lowest BCUT2D eigenvalue weighted by Crippen LogP contribution is -2.31. The molecule has 1 unspecified atom stereocenters. The second-order valence-corrected chi connectivity index (χ2v) is 10.5. The molecule has 1 aliphatic heterocycles. The Morgan fingerprint density at radius 1 is 1.17 bits per heavy atom. The molecule has 36 heavy (non-hydrogen) atoms. The topological polar surface area (TPSA) is 108 Å². The number of thiophene rings is 1. The van der Waals surface area contributed by atoms with E-state index >= 15 is 0 Å². The van der Waals surface area contributed by atoms with Gasteiger partial charge >= 0.3 is 5.97 Å². The lowest BCUT2D eigenvalue weighted by atomic mass is 9.85.